The quantitative estimate of drug-likeness (QED) is 0.343. The normalized spacial score (nSPS) is 15.6. The molecule has 1 fully saturated rings. The third-order valence-corrected chi connectivity index (χ3v) is 6.18. The molecule has 2 N–H and O–H groups in total. The van der Waals surface area contributed by atoms with E-state index in [2.05, 4.69) is 20.7 Å². The molecule has 7 nitrogen and oxygen atoms in total. The Morgan fingerprint density at radius 2 is 1.91 bits per heavy atom. The number of carbonyl (C=O) groups excluding carboxylic acids is 1. The third-order valence-electron chi connectivity index (χ3n) is 5.63. The molecule has 1 aliphatic heterocycles. The van der Waals surface area contributed by atoms with Crippen molar-refractivity contribution in [1.29, 1.82) is 0 Å². The van der Waals surface area contributed by atoms with Gasteiger partial charge in [-0.1, -0.05) is 23.2 Å². The second kappa shape index (κ2) is 9.08. The molecule has 11 heteroatoms. The fourth-order valence-electron chi connectivity index (χ4n) is 4.10. The number of hydrogen-bond donors (Lipinski definition) is 2. The van der Waals surface area contributed by atoms with Gasteiger partial charge in [0.25, 0.3) is 0 Å². The number of anilines is 3. The lowest BCUT2D eigenvalue weighted by molar-refractivity contribution is 0.262. The van der Waals surface area contributed by atoms with Crippen LogP contribution in [0, 0.1) is 11.6 Å². The Bertz CT molecular complexity index is 1400. The van der Waals surface area contributed by atoms with E-state index in [1.54, 1.807) is 24.3 Å². The Hall–Kier alpha value is -3.43. The minimum absolute atomic E-state index is 0.294. The molecule has 5 rings (SSSR count). The zero-order chi connectivity index (χ0) is 23.8. The van der Waals surface area contributed by atoms with Crippen molar-refractivity contribution in [3.8, 4) is 0 Å². The molecule has 2 aromatic carbocycles. The molecule has 0 bridgehead atoms. The number of urea groups is 1. The van der Waals surface area contributed by atoms with E-state index in [-0.39, 0.29) is 6.04 Å². The molecule has 1 atom stereocenters. The summed E-state index contributed by atoms with van der Waals surface area (Å²) in [4.78, 5) is 18.7. The molecule has 0 aliphatic carbocycles. The van der Waals surface area contributed by atoms with Crippen molar-refractivity contribution < 1.29 is 13.6 Å². The van der Waals surface area contributed by atoms with Gasteiger partial charge in [-0.25, -0.2) is 18.6 Å². The maximum Gasteiger partial charge on any atom is 0.324 e. The van der Waals surface area contributed by atoms with Gasteiger partial charge in [0.05, 0.1) is 22.9 Å². The lowest BCUT2D eigenvalue weighted by atomic mass is 10.0. The summed E-state index contributed by atoms with van der Waals surface area (Å²) in [6.45, 7) is 0.631. The summed E-state index contributed by atoms with van der Waals surface area (Å²) >= 11 is 12.0. The van der Waals surface area contributed by atoms with Crippen LogP contribution in [0.4, 0.5) is 30.9 Å². The summed E-state index contributed by atoms with van der Waals surface area (Å²) in [7, 11) is 0. The van der Waals surface area contributed by atoms with E-state index >= 15 is 0 Å². The molecular weight excluding hydrogens is 485 g/mol. The number of rotatable bonds is 4. The van der Waals surface area contributed by atoms with Gasteiger partial charge < -0.3 is 10.2 Å². The number of aromatic nitrogens is 3. The Kier molecular flexibility index (Phi) is 5.97. The molecule has 174 valence electrons. The number of halogens is 4. The number of hydrogen-bond acceptors (Lipinski definition) is 4. The maximum absolute atomic E-state index is 14.5. The summed E-state index contributed by atoms with van der Waals surface area (Å²) in [5.41, 5.74) is 1.20. The van der Waals surface area contributed by atoms with Crippen LogP contribution in [0.2, 0.25) is 10.0 Å². The first-order valence-electron chi connectivity index (χ1n) is 10.5. The van der Waals surface area contributed by atoms with Crippen LogP contribution in [0.5, 0.6) is 0 Å². The number of benzene rings is 2. The van der Waals surface area contributed by atoms with Gasteiger partial charge in [-0.2, -0.15) is 4.52 Å². The van der Waals surface area contributed by atoms with E-state index in [1.807, 2.05) is 4.90 Å². The minimum atomic E-state index is -0.542. The first kappa shape index (κ1) is 22.4. The van der Waals surface area contributed by atoms with E-state index < -0.39 is 17.7 Å². The first-order chi connectivity index (χ1) is 16.4. The lowest BCUT2D eigenvalue weighted by Gasteiger charge is -2.26. The Labute approximate surface area is 203 Å². The number of imidazole rings is 1. The average molecular weight is 503 g/mol. The van der Waals surface area contributed by atoms with Crippen LogP contribution in [0.1, 0.15) is 24.4 Å². The summed E-state index contributed by atoms with van der Waals surface area (Å²) < 4.78 is 29.7. The van der Waals surface area contributed by atoms with Gasteiger partial charge in [0.15, 0.2) is 11.5 Å². The smallest absolute Gasteiger partial charge is 0.324 e. The van der Waals surface area contributed by atoms with Crippen LogP contribution in [0.3, 0.4) is 0 Å². The van der Waals surface area contributed by atoms with Crippen LogP contribution >= 0.6 is 23.2 Å². The summed E-state index contributed by atoms with van der Waals surface area (Å²) in [5.74, 6) is -0.0607. The largest absolute Gasteiger partial charge is 0.348 e. The second-order valence-corrected chi connectivity index (χ2v) is 8.67. The van der Waals surface area contributed by atoms with Gasteiger partial charge in [0.2, 0.25) is 0 Å². The standard InChI is InChI=1S/C23H18Cl2F2N6O/c24-13-3-6-18(16(25)10-13)29-23(34)30-22-12-28-20-7-8-21(31-33(20)22)32-9-1-2-19(32)15-11-14(26)4-5-17(15)27/h3-8,10-12,19H,1-2,9H2,(H2,29,30,34)/t19-/m1/s1. The van der Waals surface area contributed by atoms with Crippen LogP contribution in [-0.4, -0.2) is 27.2 Å². The number of fused-ring (bicyclic) bond motifs is 1. The Morgan fingerprint density at radius 3 is 2.74 bits per heavy atom. The van der Waals surface area contributed by atoms with Gasteiger partial charge in [0, 0.05) is 17.1 Å². The zero-order valence-corrected chi connectivity index (χ0v) is 19.1. The van der Waals surface area contributed by atoms with Crippen molar-refractivity contribution >= 4 is 52.2 Å². The van der Waals surface area contributed by atoms with Gasteiger partial charge in [-0.05, 0) is 61.4 Å². The zero-order valence-electron chi connectivity index (χ0n) is 17.6. The van der Waals surface area contributed by atoms with Crippen molar-refractivity contribution in [2.45, 2.75) is 18.9 Å². The highest BCUT2D eigenvalue weighted by molar-refractivity contribution is 6.36. The van der Waals surface area contributed by atoms with Crippen molar-refractivity contribution in [3.05, 3.63) is 82.0 Å². The van der Waals surface area contributed by atoms with Gasteiger partial charge in [-0.15, -0.1) is 5.10 Å². The molecule has 4 aromatic rings. The fraction of sp³-hybridized carbons (Fsp3) is 0.174. The first-order valence-corrected chi connectivity index (χ1v) is 11.2. The van der Waals surface area contributed by atoms with Gasteiger partial charge >= 0.3 is 6.03 Å². The van der Waals surface area contributed by atoms with Gasteiger partial charge in [-0.3, -0.25) is 5.32 Å². The Morgan fingerprint density at radius 1 is 1.06 bits per heavy atom. The molecule has 1 saturated heterocycles. The van der Waals surface area contributed by atoms with Crippen LogP contribution in [0.15, 0.2) is 54.7 Å². The molecule has 3 heterocycles. The molecule has 1 aliphatic rings. The van der Waals surface area contributed by atoms with Crippen molar-refractivity contribution in [2.75, 3.05) is 22.1 Å². The van der Waals surface area contributed by atoms with Crippen molar-refractivity contribution in [1.82, 2.24) is 14.6 Å². The molecule has 0 saturated carbocycles. The Balaban J connectivity index is 1.40. The SMILES string of the molecule is O=C(Nc1ccc(Cl)cc1Cl)Nc1cnc2ccc(N3CCC[C@@H]3c3cc(F)ccc3F)nn12. The molecule has 0 unspecified atom stereocenters. The molecule has 2 amide bonds. The van der Waals surface area contributed by atoms with Crippen molar-refractivity contribution in [3.63, 3.8) is 0 Å². The van der Waals surface area contributed by atoms with E-state index in [1.165, 1.54) is 22.8 Å². The summed E-state index contributed by atoms with van der Waals surface area (Å²) in [6.07, 6.45) is 2.95. The number of nitrogens with zero attached hydrogens (tertiary/aromatic N) is 4. The predicted molar refractivity (Wildman–Crippen MR) is 128 cm³/mol. The van der Waals surface area contributed by atoms with E-state index in [0.29, 0.717) is 51.5 Å². The average Bonchev–Trinajstić information content (AvgIpc) is 3.44. The number of carbonyl (C=O) groups is 1. The summed E-state index contributed by atoms with van der Waals surface area (Å²) in [6, 6.07) is 10.8. The van der Waals surface area contributed by atoms with E-state index in [0.717, 1.165) is 18.6 Å². The monoisotopic (exact) mass is 502 g/mol. The second-order valence-electron chi connectivity index (χ2n) is 7.83. The van der Waals surface area contributed by atoms with Crippen LogP contribution in [0.25, 0.3) is 5.65 Å². The fourth-order valence-corrected chi connectivity index (χ4v) is 4.55. The molecular formula is C23H18Cl2F2N6O. The topological polar surface area (TPSA) is 74.6 Å². The highest BCUT2D eigenvalue weighted by Crippen LogP contribution is 2.36. The molecule has 2 aromatic heterocycles. The van der Waals surface area contributed by atoms with E-state index in [4.69, 9.17) is 23.2 Å². The molecule has 0 radical (unpaired) electrons. The lowest BCUT2D eigenvalue weighted by Crippen LogP contribution is -2.25. The van der Waals surface area contributed by atoms with Crippen LogP contribution in [-0.2, 0) is 0 Å². The van der Waals surface area contributed by atoms with E-state index in [9.17, 15) is 13.6 Å². The highest BCUT2D eigenvalue weighted by atomic mass is 35.5. The number of nitrogens with one attached hydrogen (secondary N) is 2. The molecule has 34 heavy (non-hydrogen) atoms. The minimum Gasteiger partial charge on any atom is -0.348 e. The maximum atomic E-state index is 14.5. The summed E-state index contributed by atoms with van der Waals surface area (Å²) in [5, 5.41) is 10.7. The number of amides is 2. The third kappa shape index (κ3) is 4.36. The van der Waals surface area contributed by atoms with Gasteiger partial charge in [0.1, 0.15) is 17.5 Å². The van der Waals surface area contributed by atoms with Crippen LogP contribution < -0.4 is 15.5 Å². The molecule has 0 spiro atoms. The van der Waals surface area contributed by atoms with Crippen molar-refractivity contribution in [2.24, 2.45) is 0 Å². The highest BCUT2D eigenvalue weighted by Gasteiger charge is 2.30. The predicted octanol–water partition coefficient (Wildman–Crippen LogP) is 6.30.